The average molecular weight is 430 g/mol. The van der Waals surface area contributed by atoms with Crippen molar-refractivity contribution in [3.63, 3.8) is 0 Å². The van der Waals surface area contributed by atoms with E-state index in [4.69, 9.17) is 40.2 Å². The molecule has 0 aliphatic carbocycles. The molecule has 0 radical (unpaired) electrons. The van der Waals surface area contributed by atoms with E-state index in [2.05, 4.69) is 36.5 Å². The van der Waals surface area contributed by atoms with Crippen LogP contribution in [0.15, 0.2) is 66.7 Å². The molecule has 0 spiro atoms. The maximum atomic E-state index is 6.38. The zero-order chi connectivity index (χ0) is 19.9. The number of hydrogen-bond donors (Lipinski definition) is 1. The van der Waals surface area contributed by atoms with Crippen LogP contribution in [0.2, 0.25) is 10.0 Å². The monoisotopic (exact) mass is 429 g/mol. The third kappa shape index (κ3) is 5.48. The Hall–Kier alpha value is -2.07. The van der Waals surface area contributed by atoms with Gasteiger partial charge in [0.15, 0.2) is 0 Å². The molecule has 0 heterocycles. The second-order valence-corrected chi connectivity index (χ2v) is 7.60. The van der Waals surface area contributed by atoms with Crippen molar-refractivity contribution < 1.29 is 4.74 Å². The van der Waals surface area contributed by atoms with Crippen LogP contribution in [0.1, 0.15) is 29.2 Å². The van der Waals surface area contributed by atoms with Gasteiger partial charge in [-0.25, -0.2) is 0 Å². The first kappa shape index (κ1) is 20.7. The Morgan fingerprint density at radius 3 is 2.32 bits per heavy atom. The summed E-state index contributed by atoms with van der Waals surface area (Å²) in [6, 6.07) is 21.7. The van der Waals surface area contributed by atoms with Gasteiger partial charge in [0.25, 0.3) is 0 Å². The number of ether oxygens (including phenoxy) is 1. The van der Waals surface area contributed by atoms with Gasteiger partial charge < -0.3 is 10.1 Å². The van der Waals surface area contributed by atoms with Crippen molar-refractivity contribution in [3.8, 4) is 5.75 Å². The lowest BCUT2D eigenvalue weighted by atomic mass is 10.1. The van der Waals surface area contributed by atoms with Crippen molar-refractivity contribution in [2.45, 2.75) is 26.5 Å². The molecule has 0 aliphatic rings. The highest BCUT2D eigenvalue weighted by Gasteiger charge is 2.08. The van der Waals surface area contributed by atoms with Crippen molar-refractivity contribution in [2.75, 3.05) is 0 Å². The highest BCUT2D eigenvalue weighted by molar-refractivity contribution is 7.80. The minimum atomic E-state index is 0.356. The minimum Gasteiger partial charge on any atom is -0.487 e. The first-order chi connectivity index (χ1) is 13.6. The zero-order valence-electron chi connectivity index (χ0n) is 15.5. The molecule has 28 heavy (non-hydrogen) atoms. The highest BCUT2D eigenvalue weighted by atomic mass is 35.5. The summed E-state index contributed by atoms with van der Waals surface area (Å²) < 4.78 is 5.81. The molecule has 3 aromatic carbocycles. The Labute approximate surface area is 181 Å². The molecule has 5 heteroatoms. The molecule has 144 valence electrons. The number of thiocarbonyl (C=S) groups is 1. The quantitative estimate of drug-likeness (QED) is 0.427. The van der Waals surface area contributed by atoms with Crippen LogP contribution in [-0.4, -0.2) is 4.99 Å². The fourth-order valence-electron chi connectivity index (χ4n) is 2.71. The van der Waals surface area contributed by atoms with Crippen LogP contribution < -0.4 is 10.1 Å². The van der Waals surface area contributed by atoms with Crippen LogP contribution in [0.4, 0.5) is 0 Å². The van der Waals surface area contributed by atoms with Crippen LogP contribution in [0.5, 0.6) is 5.75 Å². The Bertz CT molecular complexity index is 957. The van der Waals surface area contributed by atoms with Crippen LogP contribution in [0, 0.1) is 0 Å². The van der Waals surface area contributed by atoms with Crippen LogP contribution in [0.3, 0.4) is 0 Å². The van der Waals surface area contributed by atoms with Gasteiger partial charge in [-0.1, -0.05) is 84.8 Å². The molecule has 3 rings (SSSR count). The van der Waals surface area contributed by atoms with E-state index in [-0.39, 0.29) is 0 Å². The Morgan fingerprint density at radius 1 is 0.929 bits per heavy atom. The topological polar surface area (TPSA) is 21.3 Å². The second kappa shape index (κ2) is 9.92. The summed E-state index contributed by atoms with van der Waals surface area (Å²) >= 11 is 18.0. The van der Waals surface area contributed by atoms with Gasteiger partial charge in [-0.05, 0) is 41.8 Å². The second-order valence-electron chi connectivity index (χ2n) is 6.38. The normalized spacial score (nSPS) is 10.5. The number of aryl methyl sites for hydroxylation is 1. The fourth-order valence-corrected chi connectivity index (χ4v) is 3.33. The fraction of sp³-hybridized carbons (Fsp3) is 0.174. The molecule has 0 amide bonds. The zero-order valence-corrected chi connectivity index (χ0v) is 17.9. The maximum absolute atomic E-state index is 6.38. The first-order valence-electron chi connectivity index (χ1n) is 9.08. The first-order valence-corrected chi connectivity index (χ1v) is 10.2. The molecule has 0 bridgehead atoms. The predicted molar refractivity (Wildman–Crippen MR) is 122 cm³/mol. The number of rotatable bonds is 7. The molecular weight excluding hydrogens is 409 g/mol. The van der Waals surface area contributed by atoms with Crippen molar-refractivity contribution in [1.82, 2.24) is 5.32 Å². The lowest BCUT2D eigenvalue weighted by Crippen LogP contribution is -2.21. The van der Waals surface area contributed by atoms with Crippen molar-refractivity contribution in [3.05, 3.63) is 99.0 Å². The molecule has 0 saturated heterocycles. The van der Waals surface area contributed by atoms with E-state index < -0.39 is 0 Å². The maximum Gasteiger partial charge on any atom is 0.138 e. The van der Waals surface area contributed by atoms with Gasteiger partial charge in [-0.15, -0.1) is 0 Å². The lowest BCUT2D eigenvalue weighted by Gasteiger charge is -2.12. The third-order valence-electron chi connectivity index (χ3n) is 4.42. The SMILES string of the molecule is CCc1ccc(CNC(=S)c2ccc(OCc3ccccc3Cl)c(Cl)c2)cc1. The van der Waals surface area contributed by atoms with Gasteiger partial charge in [0, 0.05) is 22.7 Å². The summed E-state index contributed by atoms with van der Waals surface area (Å²) in [6.45, 7) is 3.17. The van der Waals surface area contributed by atoms with Crippen molar-refractivity contribution >= 4 is 40.4 Å². The van der Waals surface area contributed by atoms with E-state index >= 15 is 0 Å². The summed E-state index contributed by atoms with van der Waals surface area (Å²) in [5, 5.41) is 4.47. The van der Waals surface area contributed by atoms with E-state index in [0.717, 1.165) is 17.5 Å². The highest BCUT2D eigenvalue weighted by Crippen LogP contribution is 2.27. The van der Waals surface area contributed by atoms with Crippen molar-refractivity contribution in [2.24, 2.45) is 0 Å². The predicted octanol–water partition coefficient (Wildman–Crippen LogP) is 6.60. The largest absolute Gasteiger partial charge is 0.487 e. The minimum absolute atomic E-state index is 0.356. The number of benzene rings is 3. The molecule has 0 saturated carbocycles. The lowest BCUT2D eigenvalue weighted by molar-refractivity contribution is 0.306. The summed E-state index contributed by atoms with van der Waals surface area (Å²) in [7, 11) is 0. The third-order valence-corrected chi connectivity index (χ3v) is 5.46. The summed E-state index contributed by atoms with van der Waals surface area (Å²) in [6.07, 6.45) is 1.04. The Balaban J connectivity index is 1.59. The van der Waals surface area contributed by atoms with Gasteiger partial charge in [-0.2, -0.15) is 0 Å². The van der Waals surface area contributed by atoms with Gasteiger partial charge in [0.05, 0.1) is 5.02 Å². The molecule has 0 aliphatic heterocycles. The molecule has 1 N–H and O–H groups in total. The summed E-state index contributed by atoms with van der Waals surface area (Å²) in [4.78, 5) is 0.652. The summed E-state index contributed by atoms with van der Waals surface area (Å²) in [5.74, 6) is 0.600. The molecular formula is C23H21Cl2NOS. The Morgan fingerprint density at radius 2 is 1.64 bits per heavy atom. The van der Waals surface area contributed by atoms with Gasteiger partial charge in [-0.3, -0.25) is 0 Å². The number of halogens is 2. The molecule has 2 nitrogen and oxygen atoms in total. The molecule has 0 aromatic heterocycles. The van der Waals surface area contributed by atoms with E-state index in [1.807, 2.05) is 42.5 Å². The average Bonchev–Trinajstić information content (AvgIpc) is 2.72. The molecule has 3 aromatic rings. The smallest absolute Gasteiger partial charge is 0.138 e. The molecule has 0 atom stereocenters. The van der Waals surface area contributed by atoms with E-state index in [9.17, 15) is 0 Å². The van der Waals surface area contributed by atoms with E-state index in [1.165, 1.54) is 11.1 Å². The molecule has 0 fully saturated rings. The van der Waals surface area contributed by atoms with E-state index in [1.54, 1.807) is 0 Å². The Kier molecular flexibility index (Phi) is 7.32. The van der Waals surface area contributed by atoms with Gasteiger partial charge in [0.1, 0.15) is 17.3 Å². The standard InChI is InChI=1S/C23H21Cl2NOS/c1-2-16-7-9-17(10-8-16)14-26-23(28)18-11-12-22(21(25)13-18)27-15-19-5-3-4-6-20(19)24/h3-13H,2,14-15H2,1H3,(H,26,28). The molecule has 0 unspecified atom stereocenters. The number of nitrogens with one attached hydrogen (secondary N) is 1. The van der Waals surface area contributed by atoms with Crippen molar-refractivity contribution in [1.29, 1.82) is 0 Å². The van der Waals surface area contributed by atoms with Gasteiger partial charge >= 0.3 is 0 Å². The summed E-state index contributed by atoms with van der Waals surface area (Å²) in [5.41, 5.74) is 4.28. The van der Waals surface area contributed by atoms with Crippen LogP contribution >= 0.6 is 35.4 Å². The van der Waals surface area contributed by atoms with Crippen LogP contribution in [0.25, 0.3) is 0 Å². The van der Waals surface area contributed by atoms with Crippen LogP contribution in [-0.2, 0) is 19.6 Å². The van der Waals surface area contributed by atoms with E-state index in [0.29, 0.717) is 33.9 Å². The number of hydrogen-bond acceptors (Lipinski definition) is 2. The van der Waals surface area contributed by atoms with Gasteiger partial charge in [0.2, 0.25) is 0 Å².